The summed E-state index contributed by atoms with van der Waals surface area (Å²) in [4.78, 5) is 24.7. The summed E-state index contributed by atoms with van der Waals surface area (Å²) in [6.45, 7) is 1.54. The van der Waals surface area contributed by atoms with Crippen LogP contribution in [0.15, 0.2) is 30.5 Å². The van der Waals surface area contributed by atoms with Crippen molar-refractivity contribution >= 4 is 17.5 Å². The minimum atomic E-state index is -3.89. The zero-order chi connectivity index (χ0) is 22.1. The molecule has 3 rings (SSSR count). The quantitative estimate of drug-likeness (QED) is 0.691. The van der Waals surface area contributed by atoms with Crippen molar-refractivity contribution in [2.75, 3.05) is 5.32 Å². The van der Waals surface area contributed by atoms with Crippen LogP contribution in [0.4, 0.5) is 18.9 Å². The van der Waals surface area contributed by atoms with Gasteiger partial charge in [-0.1, -0.05) is 12.8 Å². The van der Waals surface area contributed by atoms with Crippen molar-refractivity contribution in [2.24, 2.45) is 7.05 Å². The fourth-order valence-corrected chi connectivity index (χ4v) is 3.58. The highest BCUT2D eigenvalue weighted by atomic mass is 19.3. The number of hydrogen-bond acceptors (Lipinski definition) is 3. The van der Waals surface area contributed by atoms with Crippen LogP contribution < -0.4 is 10.6 Å². The Hall–Kier alpha value is -2.81. The summed E-state index contributed by atoms with van der Waals surface area (Å²) in [7, 11) is 1.31. The van der Waals surface area contributed by atoms with Gasteiger partial charge < -0.3 is 20.3 Å². The number of carbonyl (C=O) groups excluding carboxylic acids is 2. The lowest BCUT2D eigenvalue weighted by molar-refractivity contribution is -0.150. The van der Waals surface area contributed by atoms with Gasteiger partial charge in [0.25, 0.3) is 11.8 Å². The summed E-state index contributed by atoms with van der Waals surface area (Å²) in [5.41, 5.74) is -0.0693. The third-order valence-electron chi connectivity index (χ3n) is 5.34. The molecule has 6 nitrogen and oxygen atoms in total. The van der Waals surface area contributed by atoms with Crippen LogP contribution in [0.2, 0.25) is 0 Å². The number of aromatic nitrogens is 1. The second-order valence-electron chi connectivity index (χ2n) is 7.65. The molecule has 0 saturated heterocycles. The Bertz CT molecular complexity index is 958. The summed E-state index contributed by atoms with van der Waals surface area (Å²) in [5.74, 6) is -6.50. The highest BCUT2D eigenvalue weighted by Gasteiger charge is 2.45. The first kappa shape index (κ1) is 21.9. The molecule has 9 heteroatoms. The highest BCUT2D eigenvalue weighted by molar-refractivity contribution is 6.04. The Morgan fingerprint density at radius 1 is 1.20 bits per heavy atom. The van der Waals surface area contributed by atoms with E-state index < -0.39 is 41.4 Å². The Morgan fingerprint density at radius 2 is 1.90 bits per heavy atom. The lowest BCUT2D eigenvalue weighted by Crippen LogP contribution is -2.50. The summed E-state index contributed by atoms with van der Waals surface area (Å²) in [6.07, 6.45) is 2.75. The molecule has 1 fully saturated rings. The van der Waals surface area contributed by atoms with E-state index in [4.69, 9.17) is 0 Å². The van der Waals surface area contributed by atoms with Gasteiger partial charge in [0, 0.05) is 18.9 Å². The molecule has 3 N–H and O–H groups in total. The Kier molecular flexibility index (Phi) is 6.21. The minimum Gasteiger partial charge on any atom is -0.391 e. The standard InChI is InChI=1S/C21H24F3N3O3/c1-12-9-14(7-8-15(12)22)25-19(29)13-10-18(27(2)11-13)21(23,24)20(30)26-16-5-3-4-6-17(16)28/h7-11,16-17,28H,3-6H2,1-2H3,(H,25,29)(H,26,30)/t16-,17-/m1/s1. The monoisotopic (exact) mass is 423 g/mol. The fourth-order valence-electron chi connectivity index (χ4n) is 3.58. The number of aliphatic hydroxyl groups is 1. The summed E-state index contributed by atoms with van der Waals surface area (Å²) in [5, 5.41) is 14.7. The molecule has 2 amide bonds. The van der Waals surface area contributed by atoms with Crippen LogP contribution >= 0.6 is 0 Å². The predicted octanol–water partition coefficient (Wildman–Crippen LogP) is 3.24. The number of alkyl halides is 2. The van der Waals surface area contributed by atoms with Gasteiger partial charge in [-0.2, -0.15) is 8.78 Å². The van der Waals surface area contributed by atoms with E-state index in [0.29, 0.717) is 24.1 Å². The second-order valence-corrected chi connectivity index (χ2v) is 7.65. The number of halogens is 3. The largest absolute Gasteiger partial charge is 0.391 e. The van der Waals surface area contributed by atoms with E-state index in [1.54, 1.807) is 0 Å². The molecule has 1 aliphatic carbocycles. The van der Waals surface area contributed by atoms with Gasteiger partial charge in [0.15, 0.2) is 0 Å². The van der Waals surface area contributed by atoms with Crippen molar-refractivity contribution < 1.29 is 27.9 Å². The molecule has 2 aromatic rings. The van der Waals surface area contributed by atoms with Gasteiger partial charge in [-0.05, 0) is 49.6 Å². The molecule has 0 unspecified atom stereocenters. The number of nitrogens with one attached hydrogen (secondary N) is 2. The SMILES string of the molecule is Cc1cc(NC(=O)c2cc(C(F)(F)C(=O)N[C@@H]3CCCC[C@H]3O)n(C)c2)ccc1F. The van der Waals surface area contributed by atoms with Gasteiger partial charge in [0.2, 0.25) is 0 Å². The van der Waals surface area contributed by atoms with Crippen molar-refractivity contribution in [3.8, 4) is 0 Å². The first-order valence-corrected chi connectivity index (χ1v) is 9.70. The average Bonchev–Trinajstić information content (AvgIpc) is 3.09. The average molecular weight is 423 g/mol. The van der Waals surface area contributed by atoms with Crippen molar-refractivity contribution in [1.82, 2.24) is 9.88 Å². The Morgan fingerprint density at radius 3 is 2.57 bits per heavy atom. The number of aliphatic hydroxyl groups excluding tert-OH is 1. The highest BCUT2D eigenvalue weighted by Crippen LogP contribution is 2.31. The zero-order valence-electron chi connectivity index (χ0n) is 16.7. The van der Waals surface area contributed by atoms with Gasteiger partial charge in [-0.3, -0.25) is 9.59 Å². The second kappa shape index (κ2) is 8.51. The summed E-state index contributed by atoms with van der Waals surface area (Å²) >= 11 is 0. The number of rotatable bonds is 5. The molecule has 2 atom stereocenters. The van der Waals surface area contributed by atoms with Crippen LogP contribution in [0.5, 0.6) is 0 Å². The fraction of sp³-hybridized carbons (Fsp3) is 0.429. The number of benzene rings is 1. The van der Waals surface area contributed by atoms with Gasteiger partial charge in [0.05, 0.1) is 23.4 Å². The molecule has 0 bridgehead atoms. The summed E-state index contributed by atoms with van der Waals surface area (Å²) < 4.78 is 44.0. The van der Waals surface area contributed by atoms with E-state index in [1.807, 2.05) is 0 Å². The molecular formula is C21H24F3N3O3. The smallest absolute Gasteiger partial charge is 0.364 e. The van der Waals surface area contributed by atoms with Crippen molar-refractivity contribution in [3.05, 3.63) is 53.1 Å². The number of anilines is 1. The third kappa shape index (κ3) is 4.51. The first-order chi connectivity index (χ1) is 14.1. The van der Waals surface area contributed by atoms with Crippen LogP contribution in [0.25, 0.3) is 0 Å². The number of carbonyl (C=O) groups is 2. The number of aryl methyl sites for hydroxylation is 2. The van der Waals surface area contributed by atoms with Gasteiger partial charge in [-0.15, -0.1) is 0 Å². The molecule has 162 valence electrons. The maximum absolute atomic E-state index is 14.8. The maximum Gasteiger partial charge on any atom is 0.364 e. The van der Waals surface area contributed by atoms with Crippen molar-refractivity contribution in [3.63, 3.8) is 0 Å². The number of hydrogen-bond donors (Lipinski definition) is 3. The van der Waals surface area contributed by atoms with E-state index in [0.717, 1.165) is 23.5 Å². The van der Waals surface area contributed by atoms with Crippen molar-refractivity contribution in [2.45, 2.75) is 50.7 Å². The van der Waals surface area contributed by atoms with Crippen LogP contribution in [-0.2, 0) is 17.8 Å². The van der Waals surface area contributed by atoms with Crippen LogP contribution in [-0.4, -0.2) is 33.6 Å². The maximum atomic E-state index is 14.8. The van der Waals surface area contributed by atoms with Gasteiger partial charge in [-0.25, -0.2) is 4.39 Å². The lowest BCUT2D eigenvalue weighted by atomic mass is 9.92. The number of nitrogens with zero attached hydrogens (tertiary/aromatic N) is 1. The molecule has 1 aliphatic rings. The Labute approximate surface area is 172 Å². The third-order valence-corrected chi connectivity index (χ3v) is 5.34. The van der Waals surface area contributed by atoms with E-state index in [9.17, 15) is 27.9 Å². The van der Waals surface area contributed by atoms with E-state index >= 15 is 0 Å². The molecule has 0 spiro atoms. The molecule has 1 aromatic carbocycles. The van der Waals surface area contributed by atoms with Crippen LogP contribution in [0.1, 0.15) is 47.3 Å². The van der Waals surface area contributed by atoms with E-state index in [-0.39, 0.29) is 5.56 Å². The van der Waals surface area contributed by atoms with Crippen molar-refractivity contribution in [1.29, 1.82) is 0 Å². The van der Waals surface area contributed by atoms with E-state index in [2.05, 4.69) is 10.6 Å². The zero-order valence-corrected chi connectivity index (χ0v) is 16.7. The molecule has 1 saturated carbocycles. The molecule has 0 radical (unpaired) electrons. The van der Waals surface area contributed by atoms with Crippen LogP contribution in [0, 0.1) is 12.7 Å². The van der Waals surface area contributed by atoms with E-state index in [1.165, 1.54) is 38.4 Å². The molecule has 30 heavy (non-hydrogen) atoms. The minimum absolute atomic E-state index is 0.0698. The van der Waals surface area contributed by atoms with Gasteiger partial charge in [0.1, 0.15) is 5.82 Å². The molecule has 0 aliphatic heterocycles. The van der Waals surface area contributed by atoms with Gasteiger partial charge >= 0.3 is 5.92 Å². The predicted molar refractivity (Wildman–Crippen MR) is 105 cm³/mol. The Balaban J connectivity index is 1.75. The molecule has 1 aromatic heterocycles. The first-order valence-electron chi connectivity index (χ1n) is 9.70. The van der Waals surface area contributed by atoms with Crippen LogP contribution in [0.3, 0.4) is 0 Å². The summed E-state index contributed by atoms with van der Waals surface area (Å²) in [6, 6.07) is 4.21. The topological polar surface area (TPSA) is 83.4 Å². The lowest BCUT2D eigenvalue weighted by Gasteiger charge is -2.29. The normalized spacial score (nSPS) is 19.4. The molecular weight excluding hydrogens is 399 g/mol. The molecule has 1 heterocycles. The number of amides is 2.